The fourth-order valence-corrected chi connectivity index (χ4v) is 9.29. The first-order valence-electron chi connectivity index (χ1n) is 22.1. The number of aliphatic hydroxyl groups is 3. The highest BCUT2D eigenvalue weighted by molar-refractivity contribution is 5.93. The van der Waals surface area contributed by atoms with Crippen LogP contribution in [0.25, 0.3) is 0 Å². The molecular weight excluding hydrogens is 789 g/mol. The topological polar surface area (TPSA) is 169 Å². The zero-order chi connectivity index (χ0) is 44.8. The lowest BCUT2D eigenvalue weighted by molar-refractivity contribution is -0.147. The standard InChI is InChI=1S/C49H66N4O9/c1-47(2,3)61-40-25-42(45(59)52-24-8-10-41(52)44(58)50-27-36-9-7-23-51(28-36)46(60)62-48(4,5)6)53(29-40)43(57)26-49(37-17-11-33(30-54)12-18-37,38-19-13-34(31-55)14-20-38)39-21-15-35(32-56)16-22-39/h11-22,36,40-42,54-56H,7-10,23-32H2,1-6H3,(H,50,58)/t36-,40-,41-,42+/m1/s1. The molecule has 4 N–H and O–H groups in total. The van der Waals surface area contributed by atoms with Crippen LogP contribution in [0.5, 0.6) is 0 Å². The Morgan fingerprint density at radius 1 is 0.661 bits per heavy atom. The second-order valence-corrected chi connectivity index (χ2v) is 19.2. The highest BCUT2D eigenvalue weighted by Gasteiger charge is 2.48. The van der Waals surface area contributed by atoms with Crippen LogP contribution in [0.15, 0.2) is 72.8 Å². The van der Waals surface area contributed by atoms with Crippen molar-refractivity contribution in [2.45, 2.75) is 135 Å². The Morgan fingerprint density at radius 3 is 1.66 bits per heavy atom. The molecule has 13 nitrogen and oxygen atoms in total. The Bertz CT molecular complexity index is 1890. The number of nitrogens with one attached hydrogen (secondary N) is 1. The van der Waals surface area contributed by atoms with Crippen molar-refractivity contribution in [2.75, 3.05) is 32.7 Å². The minimum atomic E-state index is -1.10. The van der Waals surface area contributed by atoms with Crippen LogP contribution in [0.1, 0.15) is 113 Å². The van der Waals surface area contributed by atoms with Crippen LogP contribution in [0.4, 0.5) is 4.79 Å². The summed E-state index contributed by atoms with van der Waals surface area (Å²) >= 11 is 0. The molecule has 3 aromatic rings. The van der Waals surface area contributed by atoms with E-state index in [0.717, 1.165) is 29.5 Å². The van der Waals surface area contributed by atoms with Crippen molar-refractivity contribution < 1.29 is 44.0 Å². The first kappa shape index (κ1) is 46.7. The molecule has 336 valence electrons. The van der Waals surface area contributed by atoms with Crippen molar-refractivity contribution in [3.05, 3.63) is 106 Å². The number of rotatable bonds is 13. The molecule has 6 rings (SSSR count). The van der Waals surface area contributed by atoms with Crippen LogP contribution >= 0.6 is 0 Å². The molecule has 62 heavy (non-hydrogen) atoms. The maximum Gasteiger partial charge on any atom is 0.410 e. The van der Waals surface area contributed by atoms with E-state index in [0.29, 0.717) is 55.7 Å². The van der Waals surface area contributed by atoms with Crippen molar-refractivity contribution >= 4 is 23.8 Å². The van der Waals surface area contributed by atoms with Crippen molar-refractivity contribution in [1.82, 2.24) is 20.0 Å². The summed E-state index contributed by atoms with van der Waals surface area (Å²) in [6.45, 7) is 12.9. The average molecular weight is 855 g/mol. The fourth-order valence-electron chi connectivity index (χ4n) is 9.29. The van der Waals surface area contributed by atoms with E-state index >= 15 is 4.79 Å². The van der Waals surface area contributed by atoms with Gasteiger partial charge in [0.2, 0.25) is 17.7 Å². The predicted molar refractivity (Wildman–Crippen MR) is 235 cm³/mol. The van der Waals surface area contributed by atoms with Gasteiger partial charge < -0.3 is 44.8 Å². The number of benzene rings is 3. The van der Waals surface area contributed by atoms with Gasteiger partial charge in [0.15, 0.2) is 0 Å². The third-order valence-corrected chi connectivity index (χ3v) is 12.3. The summed E-state index contributed by atoms with van der Waals surface area (Å²) in [7, 11) is 0. The maximum absolute atomic E-state index is 15.3. The lowest BCUT2D eigenvalue weighted by Gasteiger charge is -2.38. The molecular formula is C49H66N4O9. The van der Waals surface area contributed by atoms with E-state index in [1.165, 1.54) is 0 Å². The third kappa shape index (κ3) is 11.0. The van der Waals surface area contributed by atoms with Gasteiger partial charge in [0.05, 0.1) is 36.9 Å². The van der Waals surface area contributed by atoms with Crippen LogP contribution in [0.2, 0.25) is 0 Å². The van der Waals surface area contributed by atoms with Gasteiger partial charge in [-0.25, -0.2) is 4.79 Å². The molecule has 3 heterocycles. The normalized spacial score (nSPS) is 21.0. The average Bonchev–Trinajstić information content (AvgIpc) is 3.92. The minimum absolute atomic E-state index is 0.0452. The number of hydrogen-bond donors (Lipinski definition) is 4. The Balaban J connectivity index is 1.29. The van der Waals surface area contributed by atoms with E-state index in [1.807, 2.05) is 114 Å². The Morgan fingerprint density at radius 2 is 1.18 bits per heavy atom. The first-order valence-corrected chi connectivity index (χ1v) is 22.1. The highest BCUT2D eigenvalue weighted by Crippen LogP contribution is 2.44. The molecule has 0 aromatic heterocycles. The second-order valence-electron chi connectivity index (χ2n) is 19.2. The zero-order valence-electron chi connectivity index (χ0n) is 37.3. The van der Waals surface area contributed by atoms with Crippen molar-refractivity contribution in [1.29, 1.82) is 0 Å². The van der Waals surface area contributed by atoms with Gasteiger partial charge in [-0.1, -0.05) is 72.8 Å². The lowest BCUT2D eigenvalue weighted by atomic mass is 9.66. The van der Waals surface area contributed by atoms with Gasteiger partial charge in [-0.15, -0.1) is 0 Å². The summed E-state index contributed by atoms with van der Waals surface area (Å²) in [4.78, 5) is 61.9. The van der Waals surface area contributed by atoms with Crippen LogP contribution in [0.3, 0.4) is 0 Å². The van der Waals surface area contributed by atoms with Gasteiger partial charge in [0.25, 0.3) is 0 Å². The minimum Gasteiger partial charge on any atom is -0.444 e. The summed E-state index contributed by atoms with van der Waals surface area (Å²) in [6, 6.07) is 20.9. The first-order chi connectivity index (χ1) is 29.4. The van der Waals surface area contributed by atoms with E-state index in [2.05, 4.69) is 5.32 Å². The van der Waals surface area contributed by atoms with Gasteiger partial charge in [0, 0.05) is 45.6 Å². The molecule has 3 saturated heterocycles. The van der Waals surface area contributed by atoms with E-state index in [4.69, 9.17) is 9.47 Å². The molecule has 0 unspecified atom stereocenters. The van der Waals surface area contributed by atoms with Crippen molar-refractivity contribution in [3.8, 4) is 0 Å². The quantitative estimate of drug-likeness (QED) is 0.164. The van der Waals surface area contributed by atoms with Crippen LogP contribution in [-0.2, 0) is 49.1 Å². The SMILES string of the molecule is CC(C)(C)OC(=O)N1CCC[C@H](CNC(=O)[C@H]2CCCN2C(=O)[C@@H]2C[C@@H](OC(C)(C)C)CN2C(=O)CC(c2ccc(CO)cc2)(c2ccc(CO)cc2)c2ccc(CO)cc2)C1. The number of aliphatic hydroxyl groups excluding tert-OH is 3. The second kappa shape index (κ2) is 19.7. The smallest absolute Gasteiger partial charge is 0.410 e. The van der Waals surface area contributed by atoms with Gasteiger partial charge in [-0.3, -0.25) is 14.4 Å². The molecule has 4 atom stereocenters. The Hall–Kier alpha value is -4.82. The van der Waals surface area contributed by atoms with Crippen molar-refractivity contribution in [2.24, 2.45) is 5.92 Å². The summed E-state index contributed by atoms with van der Waals surface area (Å²) in [6.07, 6.45) is 2.18. The monoisotopic (exact) mass is 854 g/mol. The number of piperidine rings is 1. The van der Waals surface area contributed by atoms with Gasteiger partial charge in [-0.2, -0.15) is 0 Å². The molecule has 0 spiro atoms. The van der Waals surface area contributed by atoms with E-state index in [1.54, 1.807) is 14.7 Å². The Kier molecular flexibility index (Phi) is 14.8. The molecule has 0 saturated carbocycles. The third-order valence-electron chi connectivity index (χ3n) is 12.3. The molecule has 3 aromatic carbocycles. The van der Waals surface area contributed by atoms with Crippen LogP contribution < -0.4 is 5.32 Å². The van der Waals surface area contributed by atoms with Gasteiger partial charge in [-0.05, 0) is 107 Å². The summed E-state index contributed by atoms with van der Waals surface area (Å²) in [5.41, 5.74) is 2.21. The van der Waals surface area contributed by atoms with E-state index in [-0.39, 0.29) is 68.9 Å². The summed E-state index contributed by atoms with van der Waals surface area (Å²) in [5.74, 6) is -0.767. The number of ether oxygens (including phenoxy) is 2. The molecule has 0 bridgehead atoms. The molecule has 13 heteroatoms. The fraction of sp³-hybridized carbons (Fsp3) is 0.551. The number of carbonyl (C=O) groups excluding carboxylic acids is 4. The number of nitrogens with zero attached hydrogens (tertiary/aromatic N) is 3. The lowest BCUT2D eigenvalue weighted by Crippen LogP contribution is -2.54. The van der Waals surface area contributed by atoms with E-state index < -0.39 is 34.8 Å². The molecule has 0 aliphatic carbocycles. The number of amides is 4. The van der Waals surface area contributed by atoms with Crippen LogP contribution in [-0.4, -0.2) is 116 Å². The molecule has 3 aliphatic rings. The number of hydrogen-bond acceptors (Lipinski definition) is 9. The molecule has 3 fully saturated rings. The molecule has 0 radical (unpaired) electrons. The molecule has 3 aliphatic heterocycles. The van der Waals surface area contributed by atoms with E-state index in [9.17, 15) is 29.7 Å². The van der Waals surface area contributed by atoms with Crippen molar-refractivity contribution in [3.63, 3.8) is 0 Å². The predicted octanol–water partition coefficient (Wildman–Crippen LogP) is 5.43. The summed E-state index contributed by atoms with van der Waals surface area (Å²) in [5, 5.41) is 32.9. The van der Waals surface area contributed by atoms with Gasteiger partial charge >= 0.3 is 6.09 Å². The molecule has 4 amide bonds. The van der Waals surface area contributed by atoms with Crippen LogP contribution in [0, 0.1) is 5.92 Å². The summed E-state index contributed by atoms with van der Waals surface area (Å²) < 4.78 is 12.1. The largest absolute Gasteiger partial charge is 0.444 e. The number of carbonyl (C=O) groups is 4. The Labute approximate surface area is 366 Å². The highest BCUT2D eigenvalue weighted by atomic mass is 16.6. The zero-order valence-corrected chi connectivity index (χ0v) is 37.3. The van der Waals surface area contributed by atoms with Gasteiger partial charge in [0.1, 0.15) is 17.7 Å². The number of likely N-dealkylation sites (tertiary alicyclic amines) is 3. The maximum atomic E-state index is 15.3.